The quantitative estimate of drug-likeness (QED) is 0.754. The molecule has 1 aromatic heterocycles. The fourth-order valence-electron chi connectivity index (χ4n) is 1.75. The molecule has 2 aromatic rings. The Morgan fingerprint density at radius 1 is 1.17 bits per heavy atom. The lowest BCUT2D eigenvalue weighted by atomic mass is 10.2. The Bertz CT molecular complexity index is 675. The number of likely N-dealkylation sites (N-methyl/N-ethyl adjacent to an activating group) is 1. The molecule has 1 aromatic carbocycles. The van der Waals surface area contributed by atoms with Gasteiger partial charge in [-0.15, -0.1) is 20.4 Å². The summed E-state index contributed by atoms with van der Waals surface area (Å²) in [4.78, 5) is 3.79. The van der Waals surface area contributed by atoms with Crippen LogP contribution in [0.5, 0.6) is 5.75 Å². The van der Waals surface area contributed by atoms with E-state index in [9.17, 15) is 5.11 Å². The summed E-state index contributed by atoms with van der Waals surface area (Å²) in [7, 11) is 3.76. The van der Waals surface area contributed by atoms with Gasteiger partial charge >= 0.3 is 0 Å². The topological polar surface area (TPSA) is 97.4 Å². The van der Waals surface area contributed by atoms with Crippen LogP contribution in [-0.4, -0.2) is 54.2 Å². The van der Waals surface area contributed by atoms with Gasteiger partial charge in [0.2, 0.25) is 5.13 Å². The molecule has 2 rings (SSSR count). The van der Waals surface area contributed by atoms with E-state index in [0.717, 1.165) is 17.4 Å². The second kappa shape index (κ2) is 7.84. The van der Waals surface area contributed by atoms with E-state index in [2.05, 4.69) is 20.4 Å². The zero-order valence-electron chi connectivity index (χ0n) is 13.3. The van der Waals surface area contributed by atoms with Crippen molar-refractivity contribution in [1.82, 2.24) is 10.2 Å². The van der Waals surface area contributed by atoms with Crippen molar-refractivity contribution in [2.75, 3.05) is 43.6 Å². The zero-order chi connectivity index (χ0) is 16.8. The highest BCUT2D eigenvalue weighted by molar-refractivity contribution is 7.18. The van der Waals surface area contributed by atoms with Gasteiger partial charge in [-0.1, -0.05) is 11.3 Å². The summed E-state index contributed by atoms with van der Waals surface area (Å²) in [6, 6.07) is 5.06. The molecule has 23 heavy (non-hydrogen) atoms. The highest BCUT2D eigenvalue weighted by atomic mass is 32.1. The number of phenolic OH excluding ortho intramolecular Hbond substituents is 1. The molecule has 0 amide bonds. The van der Waals surface area contributed by atoms with Gasteiger partial charge in [0.05, 0.1) is 6.61 Å². The van der Waals surface area contributed by atoms with Gasteiger partial charge in [0.15, 0.2) is 0 Å². The van der Waals surface area contributed by atoms with Crippen LogP contribution in [0.4, 0.5) is 21.6 Å². The number of aliphatic hydroxyl groups excluding tert-OH is 1. The van der Waals surface area contributed by atoms with E-state index >= 15 is 0 Å². The monoisotopic (exact) mass is 336 g/mol. The lowest BCUT2D eigenvalue weighted by Gasteiger charge is -2.18. The van der Waals surface area contributed by atoms with Gasteiger partial charge in [0.1, 0.15) is 11.4 Å². The third kappa shape index (κ3) is 4.36. The summed E-state index contributed by atoms with van der Waals surface area (Å²) >= 11 is 1.33. The van der Waals surface area contributed by atoms with Crippen molar-refractivity contribution in [2.24, 2.45) is 10.2 Å². The first-order chi connectivity index (χ1) is 11.0. The molecule has 0 spiro atoms. The molecule has 0 bridgehead atoms. The lowest BCUT2D eigenvalue weighted by molar-refractivity contribution is 0.304. The van der Waals surface area contributed by atoms with Crippen LogP contribution >= 0.6 is 11.3 Å². The molecule has 9 heteroatoms. The second-order valence-electron chi connectivity index (χ2n) is 4.90. The van der Waals surface area contributed by atoms with Crippen molar-refractivity contribution in [3.05, 3.63) is 18.2 Å². The van der Waals surface area contributed by atoms with Gasteiger partial charge in [-0.25, -0.2) is 0 Å². The van der Waals surface area contributed by atoms with Gasteiger partial charge in [0.25, 0.3) is 5.13 Å². The van der Waals surface area contributed by atoms with E-state index in [1.165, 1.54) is 11.3 Å². The molecule has 0 saturated carbocycles. The number of rotatable bonds is 7. The van der Waals surface area contributed by atoms with E-state index in [1.807, 2.05) is 30.8 Å². The summed E-state index contributed by atoms with van der Waals surface area (Å²) in [5, 5.41) is 36.2. The maximum Gasteiger partial charge on any atom is 0.253 e. The molecule has 0 aliphatic heterocycles. The number of nitrogens with zero attached hydrogens (tertiary/aromatic N) is 6. The summed E-state index contributed by atoms with van der Waals surface area (Å²) < 4.78 is 0. The standard InChI is InChI=1S/C14H20N6O2S/c1-4-19(2)14-18-17-13(23-14)16-15-11-6-5-10(9-12(11)22)20(3)7-8-21/h5-6,9,21-22H,4,7-8H2,1-3H3. The van der Waals surface area contributed by atoms with Crippen molar-refractivity contribution in [3.63, 3.8) is 0 Å². The number of azo groups is 1. The van der Waals surface area contributed by atoms with Crippen LogP contribution in [0.2, 0.25) is 0 Å². The van der Waals surface area contributed by atoms with Gasteiger partial charge in [-0.3, -0.25) is 0 Å². The second-order valence-corrected chi connectivity index (χ2v) is 5.83. The minimum absolute atomic E-state index is 0.0199. The molecular formula is C14H20N6O2S. The molecule has 8 nitrogen and oxygen atoms in total. The van der Waals surface area contributed by atoms with Crippen LogP contribution in [0.15, 0.2) is 28.4 Å². The maximum atomic E-state index is 10.0. The first-order valence-corrected chi connectivity index (χ1v) is 7.98. The Kier molecular flexibility index (Phi) is 5.83. The molecule has 0 saturated heterocycles. The minimum Gasteiger partial charge on any atom is -0.506 e. The van der Waals surface area contributed by atoms with E-state index in [1.54, 1.807) is 18.2 Å². The van der Waals surface area contributed by atoms with Crippen LogP contribution in [-0.2, 0) is 0 Å². The first-order valence-electron chi connectivity index (χ1n) is 7.16. The van der Waals surface area contributed by atoms with Crippen LogP contribution < -0.4 is 9.80 Å². The van der Waals surface area contributed by atoms with Gasteiger partial charge in [-0.05, 0) is 19.1 Å². The van der Waals surface area contributed by atoms with Crippen LogP contribution in [0.25, 0.3) is 0 Å². The largest absolute Gasteiger partial charge is 0.506 e. The molecule has 0 radical (unpaired) electrons. The Balaban J connectivity index is 2.12. The first kappa shape index (κ1) is 17.1. The Morgan fingerprint density at radius 2 is 1.96 bits per heavy atom. The Labute approximate surface area is 138 Å². The summed E-state index contributed by atoms with van der Waals surface area (Å²) in [5.41, 5.74) is 1.14. The number of anilines is 2. The van der Waals surface area contributed by atoms with Crippen molar-refractivity contribution >= 4 is 33.0 Å². The number of benzene rings is 1. The van der Waals surface area contributed by atoms with Gasteiger partial charge in [0, 0.05) is 38.9 Å². The van der Waals surface area contributed by atoms with Crippen LogP contribution in [0.3, 0.4) is 0 Å². The van der Waals surface area contributed by atoms with Crippen molar-refractivity contribution in [1.29, 1.82) is 0 Å². The van der Waals surface area contributed by atoms with Gasteiger partial charge in [-0.2, -0.15) is 0 Å². The number of aromatic hydroxyl groups is 1. The average molecular weight is 336 g/mol. The van der Waals surface area contributed by atoms with Crippen molar-refractivity contribution < 1.29 is 10.2 Å². The average Bonchev–Trinajstić information content (AvgIpc) is 3.02. The zero-order valence-corrected chi connectivity index (χ0v) is 14.2. The lowest BCUT2D eigenvalue weighted by Crippen LogP contribution is -2.20. The van der Waals surface area contributed by atoms with Crippen molar-refractivity contribution in [2.45, 2.75) is 6.92 Å². The highest BCUT2D eigenvalue weighted by Crippen LogP contribution is 2.33. The van der Waals surface area contributed by atoms with Gasteiger partial charge < -0.3 is 20.0 Å². The third-order valence-electron chi connectivity index (χ3n) is 3.28. The van der Waals surface area contributed by atoms with E-state index in [4.69, 9.17) is 5.11 Å². The normalized spacial score (nSPS) is 11.1. The number of aromatic nitrogens is 2. The highest BCUT2D eigenvalue weighted by Gasteiger charge is 2.08. The predicted octanol–water partition coefficient (Wildman–Crippen LogP) is 2.54. The molecule has 0 unspecified atom stereocenters. The number of hydrogen-bond acceptors (Lipinski definition) is 9. The molecule has 124 valence electrons. The number of hydrogen-bond donors (Lipinski definition) is 2. The molecule has 0 aliphatic carbocycles. The van der Waals surface area contributed by atoms with Crippen molar-refractivity contribution in [3.8, 4) is 5.75 Å². The van der Waals surface area contributed by atoms with E-state index in [0.29, 0.717) is 17.4 Å². The number of phenols is 1. The Morgan fingerprint density at radius 3 is 2.61 bits per heavy atom. The Hall–Kier alpha value is -2.26. The summed E-state index contributed by atoms with van der Waals surface area (Å²) in [6.07, 6.45) is 0. The molecule has 0 fully saturated rings. The van der Waals surface area contributed by atoms with E-state index < -0.39 is 0 Å². The fourth-order valence-corrected chi connectivity index (χ4v) is 2.44. The van der Waals surface area contributed by atoms with Crippen LogP contribution in [0, 0.1) is 0 Å². The molecule has 1 heterocycles. The molecule has 2 N–H and O–H groups in total. The van der Waals surface area contributed by atoms with E-state index in [-0.39, 0.29) is 12.4 Å². The maximum absolute atomic E-state index is 10.0. The predicted molar refractivity (Wildman–Crippen MR) is 91.5 cm³/mol. The summed E-state index contributed by atoms with van der Waals surface area (Å²) in [5.74, 6) is 0.0199. The SMILES string of the molecule is CCN(C)c1nnc(N=Nc2ccc(N(C)CCO)cc2O)s1. The minimum atomic E-state index is 0.0199. The molecular weight excluding hydrogens is 316 g/mol. The smallest absolute Gasteiger partial charge is 0.253 e. The molecule has 0 atom stereocenters. The number of aliphatic hydroxyl groups is 1. The van der Waals surface area contributed by atoms with Crippen LogP contribution in [0.1, 0.15) is 6.92 Å². The fraction of sp³-hybridized carbons (Fsp3) is 0.429. The third-order valence-corrected chi connectivity index (χ3v) is 4.20. The molecule has 0 aliphatic rings. The summed E-state index contributed by atoms with van der Waals surface area (Å²) in [6.45, 7) is 3.38.